The molecule has 1 N–H and O–H groups in total. The smallest absolute Gasteiger partial charge is 0.345 e. The van der Waals surface area contributed by atoms with Crippen molar-refractivity contribution in [2.45, 2.75) is 26.4 Å². The van der Waals surface area contributed by atoms with E-state index in [2.05, 4.69) is 0 Å². The fourth-order valence-electron chi connectivity index (χ4n) is 2.67. The van der Waals surface area contributed by atoms with Crippen molar-refractivity contribution in [2.75, 3.05) is 19.7 Å². The molecular formula is C16H21NO5. The number of carbonyl (C=O) groups excluding carboxylic acids is 2. The lowest BCUT2D eigenvalue weighted by atomic mass is 9.96. The Labute approximate surface area is 129 Å². The van der Waals surface area contributed by atoms with E-state index >= 15 is 0 Å². The van der Waals surface area contributed by atoms with Gasteiger partial charge < -0.3 is 15.1 Å². The molecule has 0 bridgehead atoms. The molecule has 22 heavy (non-hydrogen) atoms. The highest BCUT2D eigenvalue weighted by Crippen LogP contribution is 2.26. The predicted molar refractivity (Wildman–Crippen MR) is 79.4 cm³/mol. The number of amides is 1. The maximum Gasteiger partial charge on any atom is 0.345 e. The first kappa shape index (κ1) is 16.6. The number of ether oxygens (including phenoxy) is 1. The fourth-order valence-corrected chi connectivity index (χ4v) is 2.67. The van der Waals surface area contributed by atoms with Crippen LogP contribution in [-0.2, 0) is 16.1 Å². The number of piperidine rings is 1. The zero-order valence-corrected chi connectivity index (χ0v) is 12.7. The first-order valence-corrected chi connectivity index (χ1v) is 7.49. The average molecular weight is 307 g/mol. The van der Waals surface area contributed by atoms with Crippen LogP contribution in [-0.4, -0.2) is 41.3 Å². The van der Waals surface area contributed by atoms with Crippen LogP contribution in [0.1, 0.15) is 35.7 Å². The Kier molecular flexibility index (Phi) is 5.28. The van der Waals surface area contributed by atoms with Gasteiger partial charge in [-0.2, -0.15) is 0 Å². The number of esters is 1. The second-order valence-corrected chi connectivity index (χ2v) is 5.52. The van der Waals surface area contributed by atoms with Gasteiger partial charge in [0.05, 0.1) is 37.8 Å². The Morgan fingerprint density at radius 2 is 1.86 bits per heavy atom. The monoisotopic (exact) mass is 307 g/mol. The van der Waals surface area contributed by atoms with E-state index in [9.17, 15) is 14.8 Å². The molecule has 0 aromatic heterocycles. The SMILES string of the molecule is CCOC(=O)C1CC[N+]([O-])(C(=O)c2ccc(CO)cc2)CC1. The van der Waals surface area contributed by atoms with Gasteiger partial charge in [-0.3, -0.25) is 9.44 Å². The van der Waals surface area contributed by atoms with Crippen molar-refractivity contribution in [1.29, 1.82) is 0 Å². The van der Waals surface area contributed by atoms with Gasteiger partial charge in [0.15, 0.2) is 0 Å². The molecule has 1 aliphatic rings. The molecule has 1 amide bonds. The molecule has 1 saturated heterocycles. The Bertz CT molecular complexity index is 532. The van der Waals surface area contributed by atoms with Crippen molar-refractivity contribution in [3.8, 4) is 0 Å². The number of hydroxylamine groups is 3. The average Bonchev–Trinajstić information content (AvgIpc) is 2.55. The highest BCUT2D eigenvalue weighted by molar-refractivity contribution is 5.89. The van der Waals surface area contributed by atoms with Crippen LogP contribution < -0.4 is 0 Å². The predicted octanol–water partition coefficient (Wildman–Crippen LogP) is 1.61. The van der Waals surface area contributed by atoms with Crippen molar-refractivity contribution >= 4 is 11.9 Å². The van der Waals surface area contributed by atoms with E-state index in [-0.39, 0.29) is 31.6 Å². The van der Waals surface area contributed by atoms with Crippen LogP contribution >= 0.6 is 0 Å². The molecule has 1 aliphatic heterocycles. The van der Waals surface area contributed by atoms with Crippen LogP contribution in [0.25, 0.3) is 0 Å². The first-order chi connectivity index (χ1) is 10.5. The lowest BCUT2D eigenvalue weighted by Gasteiger charge is -2.44. The Morgan fingerprint density at radius 1 is 1.27 bits per heavy atom. The minimum Gasteiger partial charge on any atom is -0.625 e. The largest absolute Gasteiger partial charge is 0.625 e. The van der Waals surface area contributed by atoms with Crippen molar-refractivity contribution in [2.24, 2.45) is 5.92 Å². The van der Waals surface area contributed by atoms with Gasteiger partial charge in [0.2, 0.25) is 0 Å². The number of nitrogens with zero attached hydrogens (tertiary/aromatic N) is 1. The van der Waals surface area contributed by atoms with Gasteiger partial charge in [0.25, 0.3) is 0 Å². The van der Waals surface area contributed by atoms with Crippen molar-refractivity contribution in [3.05, 3.63) is 40.6 Å². The zero-order chi connectivity index (χ0) is 16.2. The van der Waals surface area contributed by atoms with E-state index in [0.29, 0.717) is 30.6 Å². The molecule has 1 fully saturated rings. The topological polar surface area (TPSA) is 86.7 Å². The summed E-state index contributed by atoms with van der Waals surface area (Å²) >= 11 is 0. The van der Waals surface area contributed by atoms with Gasteiger partial charge in [-0.25, -0.2) is 4.79 Å². The van der Waals surface area contributed by atoms with Crippen LogP contribution in [0.15, 0.2) is 24.3 Å². The number of benzene rings is 1. The summed E-state index contributed by atoms with van der Waals surface area (Å²) in [4.78, 5) is 24.1. The third-order valence-electron chi connectivity index (χ3n) is 4.05. The maximum absolute atomic E-state index is 12.7. The molecule has 0 aliphatic carbocycles. The third-order valence-corrected chi connectivity index (χ3v) is 4.05. The summed E-state index contributed by atoms with van der Waals surface area (Å²) in [6, 6.07) is 6.38. The standard InChI is InChI=1S/C16H21NO5/c1-2-22-16(20)14-7-9-17(21,10-8-14)15(19)13-5-3-12(11-18)4-6-13/h3-6,14,18H,2,7-11H2,1H3. The molecule has 1 aromatic rings. The number of carbonyl (C=O) groups is 2. The summed E-state index contributed by atoms with van der Waals surface area (Å²) in [5.41, 5.74) is 1.02. The molecular weight excluding hydrogens is 286 g/mol. The maximum atomic E-state index is 12.7. The molecule has 1 heterocycles. The molecule has 6 heteroatoms. The highest BCUT2D eigenvalue weighted by atomic mass is 16.6. The fraction of sp³-hybridized carbons (Fsp3) is 0.500. The number of hydrogen-bond donors (Lipinski definition) is 1. The van der Waals surface area contributed by atoms with Crippen LogP contribution in [0.4, 0.5) is 0 Å². The van der Waals surface area contributed by atoms with Crippen LogP contribution in [0, 0.1) is 11.1 Å². The van der Waals surface area contributed by atoms with E-state index in [0.717, 1.165) is 0 Å². The molecule has 0 spiro atoms. The van der Waals surface area contributed by atoms with E-state index in [1.807, 2.05) is 0 Å². The number of rotatable bonds is 4. The van der Waals surface area contributed by atoms with Gasteiger partial charge in [0.1, 0.15) is 0 Å². The van der Waals surface area contributed by atoms with Crippen LogP contribution in [0.5, 0.6) is 0 Å². The lowest BCUT2D eigenvalue weighted by Crippen LogP contribution is -2.53. The Balaban J connectivity index is 2.02. The van der Waals surface area contributed by atoms with E-state index in [4.69, 9.17) is 9.84 Å². The molecule has 120 valence electrons. The second-order valence-electron chi connectivity index (χ2n) is 5.52. The molecule has 6 nitrogen and oxygen atoms in total. The molecule has 0 unspecified atom stereocenters. The number of quaternary nitrogens is 1. The van der Waals surface area contributed by atoms with Gasteiger partial charge >= 0.3 is 11.9 Å². The number of likely N-dealkylation sites (tertiary alicyclic amines) is 1. The number of aliphatic hydroxyl groups excluding tert-OH is 1. The Hall–Kier alpha value is -1.76. The minimum atomic E-state index is -0.936. The lowest BCUT2D eigenvalue weighted by molar-refractivity contribution is -0.804. The summed E-state index contributed by atoms with van der Waals surface area (Å²) in [6.45, 7) is 2.14. The Morgan fingerprint density at radius 3 is 2.36 bits per heavy atom. The quantitative estimate of drug-likeness (QED) is 0.519. The summed E-state index contributed by atoms with van der Waals surface area (Å²) in [5.74, 6) is -1.06. The van der Waals surface area contributed by atoms with Crippen LogP contribution in [0.2, 0.25) is 0 Å². The molecule has 0 atom stereocenters. The van der Waals surface area contributed by atoms with E-state index in [1.165, 1.54) is 0 Å². The van der Waals surface area contributed by atoms with Crippen LogP contribution in [0.3, 0.4) is 0 Å². The summed E-state index contributed by atoms with van der Waals surface area (Å²) in [6.07, 6.45) is 0.728. The number of aliphatic hydroxyl groups is 1. The summed E-state index contributed by atoms with van der Waals surface area (Å²) < 4.78 is 4.03. The molecule has 0 radical (unpaired) electrons. The van der Waals surface area contributed by atoms with Gasteiger partial charge in [-0.15, -0.1) is 0 Å². The number of hydrogen-bond acceptors (Lipinski definition) is 5. The van der Waals surface area contributed by atoms with Gasteiger partial charge in [-0.1, -0.05) is 12.1 Å². The van der Waals surface area contributed by atoms with Crippen molar-refractivity contribution in [3.63, 3.8) is 0 Å². The van der Waals surface area contributed by atoms with Crippen molar-refractivity contribution < 1.29 is 24.1 Å². The third kappa shape index (κ3) is 3.52. The zero-order valence-electron chi connectivity index (χ0n) is 12.7. The molecule has 0 saturated carbocycles. The van der Waals surface area contributed by atoms with E-state index < -0.39 is 10.6 Å². The minimum absolute atomic E-state index is 0.0874. The second kappa shape index (κ2) is 7.00. The molecule has 2 rings (SSSR count). The summed E-state index contributed by atoms with van der Waals surface area (Å²) in [5, 5.41) is 21.7. The molecule has 1 aromatic carbocycles. The highest BCUT2D eigenvalue weighted by Gasteiger charge is 2.37. The van der Waals surface area contributed by atoms with E-state index in [1.54, 1.807) is 31.2 Å². The van der Waals surface area contributed by atoms with Gasteiger partial charge in [0, 0.05) is 12.8 Å². The van der Waals surface area contributed by atoms with Gasteiger partial charge in [-0.05, 0) is 24.6 Å². The van der Waals surface area contributed by atoms with Crippen molar-refractivity contribution in [1.82, 2.24) is 0 Å². The first-order valence-electron chi connectivity index (χ1n) is 7.49. The normalized spacial score (nSPS) is 24.8. The summed E-state index contributed by atoms with van der Waals surface area (Å²) in [7, 11) is 0.